The van der Waals surface area contributed by atoms with Crippen LogP contribution in [0.4, 0.5) is 11.4 Å². The molecule has 0 bridgehead atoms. The molecule has 0 unspecified atom stereocenters. The summed E-state index contributed by atoms with van der Waals surface area (Å²) in [6, 6.07) is 17.9. The van der Waals surface area contributed by atoms with Crippen LogP contribution in [0.1, 0.15) is 411 Å². The number of hydrogen-bond acceptors (Lipinski definition) is 2. The van der Waals surface area contributed by atoms with E-state index in [1.807, 2.05) is 0 Å². The second-order valence-electron chi connectivity index (χ2n) is 25.9. The van der Waals surface area contributed by atoms with E-state index in [1.54, 1.807) is 0 Å². The second-order valence-corrected chi connectivity index (χ2v) is 25.9. The fraction of sp³-hybridized carbons (Fsp3) is 0.775. The van der Waals surface area contributed by atoms with Gasteiger partial charge < -0.3 is 0 Å². The zero-order valence-corrected chi connectivity index (χ0v) is 55.8. The maximum atomic E-state index is 5.37. The van der Waals surface area contributed by atoms with Gasteiger partial charge in [-0.25, -0.2) is 0 Å². The van der Waals surface area contributed by atoms with Gasteiger partial charge in [0.15, 0.2) is 0 Å². The predicted octanol–water partition coefficient (Wildman–Crippen LogP) is 29.3. The number of hydrogen-bond donors (Lipinski definition) is 0. The highest BCUT2D eigenvalue weighted by Gasteiger charge is 2.11. The lowest BCUT2D eigenvalue weighted by atomic mass is 10.0. The Morgan fingerprint density at radius 1 is 0.232 bits per heavy atom. The van der Waals surface area contributed by atoms with Crippen LogP contribution in [0.2, 0.25) is 0 Å². The summed E-state index contributed by atoms with van der Waals surface area (Å²) in [5.41, 5.74) is 7.03. The number of allylic oxidation sites excluding steroid dienone is 2. The highest BCUT2D eigenvalue weighted by Crippen LogP contribution is 2.24. The van der Waals surface area contributed by atoms with E-state index in [-0.39, 0.29) is 0 Å². The molecule has 0 aliphatic carbocycles. The minimum atomic E-state index is 0.979. The molecule has 0 amide bonds. The number of aliphatic imine (C=N–C) groups is 2. The lowest BCUT2D eigenvalue weighted by molar-refractivity contribution is 0.515. The molecule has 2 aromatic carbocycles. The summed E-state index contributed by atoms with van der Waals surface area (Å²) in [4.78, 5) is 10.7. The minimum Gasteiger partial charge on any atom is -0.252 e. The lowest BCUT2D eigenvalue weighted by Gasteiger charge is -2.12. The molecule has 2 rings (SSSR count). The molecule has 2 heteroatoms. The Kier molecular flexibility index (Phi) is 56.4. The largest absolute Gasteiger partial charge is 0.252 e. The molecule has 470 valence electrons. The van der Waals surface area contributed by atoms with Crippen LogP contribution in [0, 0.1) is 0 Å². The smallest absolute Gasteiger partial charge is 0.0634 e. The molecule has 0 aliphatic rings. The Labute approximate surface area is 514 Å². The van der Waals surface area contributed by atoms with Crippen LogP contribution in [-0.4, -0.2) is 11.4 Å². The summed E-state index contributed by atoms with van der Waals surface area (Å²) in [6.45, 7) is 9.22. The van der Waals surface area contributed by atoms with Crippen molar-refractivity contribution in [1.82, 2.24) is 0 Å². The van der Waals surface area contributed by atoms with E-state index in [0.717, 1.165) is 37.1 Å². The van der Waals surface area contributed by atoms with E-state index >= 15 is 0 Å². The van der Waals surface area contributed by atoms with Gasteiger partial charge in [0.2, 0.25) is 0 Å². The van der Waals surface area contributed by atoms with Crippen molar-refractivity contribution in [3.05, 3.63) is 71.8 Å². The van der Waals surface area contributed by atoms with E-state index in [0.29, 0.717) is 0 Å². The average Bonchev–Trinajstić information content (AvgIpc) is 3.51. The third-order valence-corrected chi connectivity index (χ3v) is 17.8. The third kappa shape index (κ3) is 49.5. The first kappa shape index (κ1) is 75.4. The number of unbranched alkanes of at least 4 members (excludes halogenated alkanes) is 52. The van der Waals surface area contributed by atoms with Gasteiger partial charge in [-0.05, 0) is 86.8 Å². The van der Waals surface area contributed by atoms with E-state index in [1.165, 1.54) is 369 Å². The molecule has 0 aromatic heterocycles. The van der Waals surface area contributed by atoms with Crippen LogP contribution in [0.25, 0.3) is 12.2 Å². The van der Waals surface area contributed by atoms with Crippen LogP contribution in [-0.2, 0) is 0 Å². The Morgan fingerprint density at radius 3 is 0.659 bits per heavy atom. The molecule has 0 fully saturated rings. The fourth-order valence-electron chi connectivity index (χ4n) is 12.1. The van der Waals surface area contributed by atoms with Crippen molar-refractivity contribution in [2.45, 2.75) is 400 Å². The highest BCUT2D eigenvalue weighted by atomic mass is 14.8. The van der Waals surface area contributed by atoms with Crippen LogP contribution in [0.3, 0.4) is 0 Å². The molecule has 0 saturated carbocycles. The second kappa shape index (κ2) is 61.4. The van der Waals surface area contributed by atoms with Crippen molar-refractivity contribution in [1.29, 1.82) is 0 Å². The molecule has 82 heavy (non-hydrogen) atoms. The molecule has 0 radical (unpaired) electrons. The molecule has 2 aromatic rings. The first-order valence-corrected chi connectivity index (χ1v) is 37.4. The quantitative estimate of drug-likeness (QED) is 0.0466. The number of benzene rings is 2. The van der Waals surface area contributed by atoms with E-state index < -0.39 is 0 Å². The lowest BCUT2D eigenvalue weighted by Crippen LogP contribution is -2.14. The first-order chi connectivity index (χ1) is 40.7. The number of rotatable bonds is 63. The molecule has 0 atom stereocenters. The molecular formula is C80H140N2. The Balaban J connectivity index is 1.63. The van der Waals surface area contributed by atoms with Gasteiger partial charge >= 0.3 is 0 Å². The van der Waals surface area contributed by atoms with Gasteiger partial charge in [0, 0.05) is 0 Å². The Morgan fingerprint density at radius 2 is 0.427 bits per heavy atom. The van der Waals surface area contributed by atoms with E-state index in [9.17, 15) is 0 Å². The Hall–Kier alpha value is -2.74. The summed E-state index contributed by atoms with van der Waals surface area (Å²) in [5.74, 6) is 0. The van der Waals surface area contributed by atoms with Crippen molar-refractivity contribution in [3.63, 3.8) is 0 Å². The van der Waals surface area contributed by atoms with Crippen LogP contribution >= 0.6 is 0 Å². The highest BCUT2D eigenvalue weighted by molar-refractivity contribution is 6.43. The first-order valence-electron chi connectivity index (χ1n) is 37.4. The van der Waals surface area contributed by atoms with E-state index in [2.05, 4.69) is 101 Å². The Bertz CT molecular complexity index is 1710. The zero-order valence-electron chi connectivity index (χ0n) is 55.8. The molecular weight excluding hydrogens is 989 g/mol. The minimum absolute atomic E-state index is 0.979. The average molecular weight is 1130 g/mol. The molecule has 0 heterocycles. The SMILES string of the molecule is CCCCCCCCCCCCCCCCCCCCCCC=Cc1ccc(N=C(CCCCCCCC)C(CCCC)=Nc2ccc(C=CCCCCCCCCCCCCCCCCCCCCCCCCCCCC)cc2)cc1. The zero-order chi connectivity index (χ0) is 58.4. The summed E-state index contributed by atoms with van der Waals surface area (Å²) in [7, 11) is 0. The van der Waals surface area contributed by atoms with Gasteiger partial charge in [-0.15, -0.1) is 0 Å². The molecule has 0 N–H and O–H groups in total. The van der Waals surface area contributed by atoms with Crippen LogP contribution in [0.15, 0.2) is 70.7 Å². The molecule has 0 aliphatic heterocycles. The normalized spacial score (nSPS) is 12.3. The van der Waals surface area contributed by atoms with Gasteiger partial charge in [-0.1, -0.05) is 397 Å². The summed E-state index contributed by atoms with van der Waals surface area (Å²) >= 11 is 0. The van der Waals surface area contributed by atoms with Gasteiger partial charge in [0.25, 0.3) is 0 Å². The van der Waals surface area contributed by atoms with E-state index in [4.69, 9.17) is 9.98 Å². The standard InChI is InChI=1S/C80H140N2/c1-5-9-13-16-19-21-23-25-27-29-31-33-35-36-37-38-39-40-42-44-46-48-49-51-53-55-57-60-63-75-67-71-77(72-68-75)81-79(65-12-8-4)80(66-62-59-18-15-11-7-3)82-78-73-69-76(70-74-78)64-61-58-56-54-52-50-47-45-43-41-34-32-30-28-26-24-22-20-17-14-10-6-2/h60-61,63-64,67-74H,5-59,62,65-66H2,1-4H3. The molecule has 0 saturated heterocycles. The van der Waals surface area contributed by atoms with Crippen molar-refractivity contribution in [3.8, 4) is 0 Å². The van der Waals surface area contributed by atoms with Gasteiger partial charge in [-0.3, -0.25) is 9.98 Å². The fourth-order valence-corrected chi connectivity index (χ4v) is 12.1. The number of nitrogens with zero attached hydrogens (tertiary/aromatic N) is 2. The molecule has 2 nitrogen and oxygen atoms in total. The van der Waals surface area contributed by atoms with Crippen molar-refractivity contribution in [2.75, 3.05) is 0 Å². The molecule has 0 spiro atoms. The topological polar surface area (TPSA) is 24.7 Å². The monoisotopic (exact) mass is 1130 g/mol. The van der Waals surface area contributed by atoms with Gasteiger partial charge in [0.05, 0.1) is 22.8 Å². The predicted molar refractivity (Wildman–Crippen MR) is 376 cm³/mol. The van der Waals surface area contributed by atoms with Gasteiger partial charge in [0.1, 0.15) is 0 Å². The maximum Gasteiger partial charge on any atom is 0.0634 e. The van der Waals surface area contributed by atoms with Crippen molar-refractivity contribution < 1.29 is 0 Å². The summed E-state index contributed by atoms with van der Waals surface area (Å²) in [6.07, 6.45) is 90.1. The van der Waals surface area contributed by atoms with Crippen molar-refractivity contribution in [2.24, 2.45) is 9.98 Å². The summed E-state index contributed by atoms with van der Waals surface area (Å²) in [5, 5.41) is 0. The maximum absolute atomic E-state index is 5.37. The van der Waals surface area contributed by atoms with Crippen LogP contribution < -0.4 is 0 Å². The third-order valence-electron chi connectivity index (χ3n) is 17.8. The summed E-state index contributed by atoms with van der Waals surface area (Å²) < 4.78 is 0. The van der Waals surface area contributed by atoms with Crippen LogP contribution in [0.5, 0.6) is 0 Å². The van der Waals surface area contributed by atoms with Gasteiger partial charge in [-0.2, -0.15) is 0 Å². The van der Waals surface area contributed by atoms with Crippen molar-refractivity contribution >= 4 is 35.0 Å².